The summed E-state index contributed by atoms with van der Waals surface area (Å²) < 4.78 is 0. The number of allylic oxidation sites excluding steroid dienone is 2. The highest BCUT2D eigenvalue weighted by atomic mass is 14.8. The monoisotopic (exact) mass is 223 g/mol. The van der Waals surface area contributed by atoms with E-state index in [0.717, 1.165) is 18.4 Å². The highest BCUT2D eigenvalue weighted by Gasteiger charge is 2.11. The van der Waals surface area contributed by atoms with Crippen molar-refractivity contribution in [3.8, 4) is 0 Å². The van der Waals surface area contributed by atoms with Gasteiger partial charge >= 0.3 is 0 Å². The quantitative estimate of drug-likeness (QED) is 0.639. The Labute approximate surface area is 102 Å². The van der Waals surface area contributed by atoms with E-state index >= 15 is 0 Å². The molecule has 0 rings (SSSR count). The zero-order chi connectivity index (χ0) is 12.6. The van der Waals surface area contributed by atoms with Gasteiger partial charge in [-0.05, 0) is 44.7 Å². The minimum atomic E-state index is 0.780. The third-order valence-electron chi connectivity index (χ3n) is 3.53. The number of rotatable bonds is 7. The summed E-state index contributed by atoms with van der Waals surface area (Å²) in [4.78, 5) is 0. The molecule has 2 atom stereocenters. The minimum absolute atomic E-state index is 0.780. The largest absolute Gasteiger partial charge is 0.316 e. The number of nitrogens with one attached hydrogen (secondary N) is 1. The molecule has 0 aromatic heterocycles. The van der Waals surface area contributed by atoms with Gasteiger partial charge in [0.05, 0.1) is 0 Å². The summed E-state index contributed by atoms with van der Waals surface area (Å²) in [6, 6.07) is 0. The molecule has 0 aromatic rings. The van der Waals surface area contributed by atoms with E-state index in [-0.39, 0.29) is 0 Å². The molecule has 0 aliphatic rings. The lowest BCUT2D eigenvalue weighted by molar-refractivity contribution is 0.373. The predicted octanol–water partition coefficient (Wildman–Crippen LogP) is 4.17. The zero-order valence-corrected chi connectivity index (χ0v) is 11.9. The van der Waals surface area contributed by atoms with Gasteiger partial charge in [-0.25, -0.2) is 0 Å². The Balaban J connectivity index is 4.57. The van der Waals surface area contributed by atoms with Crippen molar-refractivity contribution in [2.24, 2.45) is 11.8 Å². The van der Waals surface area contributed by atoms with Crippen LogP contribution in [0.25, 0.3) is 0 Å². The standard InChI is InChI=1S/C15H29N/c1-7-9-15(11-16-6)14(5)10-13(4)12(3)8-2/h7,9,12-13,16H,8,10-11H2,1-6H3/b9-7-,15-14-/t12-,13-/m0/s1. The van der Waals surface area contributed by atoms with E-state index in [0.29, 0.717) is 0 Å². The first-order chi connectivity index (χ1) is 7.56. The predicted molar refractivity (Wildman–Crippen MR) is 74.7 cm³/mol. The summed E-state index contributed by atoms with van der Waals surface area (Å²) in [5, 5.41) is 3.24. The summed E-state index contributed by atoms with van der Waals surface area (Å²) in [6.07, 6.45) is 6.86. The van der Waals surface area contributed by atoms with Gasteiger partial charge in [0.1, 0.15) is 0 Å². The Morgan fingerprint density at radius 1 is 1.25 bits per heavy atom. The van der Waals surface area contributed by atoms with Crippen LogP contribution in [-0.2, 0) is 0 Å². The molecule has 0 unspecified atom stereocenters. The van der Waals surface area contributed by atoms with Gasteiger partial charge < -0.3 is 5.32 Å². The second kappa shape index (κ2) is 8.58. The van der Waals surface area contributed by atoms with E-state index < -0.39 is 0 Å². The van der Waals surface area contributed by atoms with Crippen LogP contribution in [0.5, 0.6) is 0 Å². The summed E-state index contributed by atoms with van der Waals surface area (Å²) in [6.45, 7) is 12.3. The van der Waals surface area contributed by atoms with Crippen LogP contribution in [0, 0.1) is 11.8 Å². The molecule has 0 aliphatic heterocycles. The van der Waals surface area contributed by atoms with Crippen LogP contribution in [0.2, 0.25) is 0 Å². The molecule has 0 radical (unpaired) electrons. The van der Waals surface area contributed by atoms with E-state index in [1.54, 1.807) is 0 Å². The summed E-state index contributed by atoms with van der Waals surface area (Å²) in [7, 11) is 2.01. The molecule has 1 nitrogen and oxygen atoms in total. The van der Waals surface area contributed by atoms with Crippen LogP contribution in [0.1, 0.15) is 47.5 Å². The fourth-order valence-electron chi connectivity index (χ4n) is 1.96. The van der Waals surface area contributed by atoms with Crippen molar-refractivity contribution in [3.05, 3.63) is 23.3 Å². The third kappa shape index (κ3) is 5.50. The molecule has 0 heterocycles. The Morgan fingerprint density at radius 2 is 1.88 bits per heavy atom. The van der Waals surface area contributed by atoms with Crippen LogP contribution in [-0.4, -0.2) is 13.6 Å². The fourth-order valence-corrected chi connectivity index (χ4v) is 1.96. The van der Waals surface area contributed by atoms with Gasteiger partial charge in [-0.1, -0.05) is 44.9 Å². The molecule has 0 saturated carbocycles. The van der Waals surface area contributed by atoms with Crippen LogP contribution in [0.3, 0.4) is 0 Å². The van der Waals surface area contributed by atoms with Gasteiger partial charge in [-0.2, -0.15) is 0 Å². The second-order valence-electron chi connectivity index (χ2n) is 4.90. The average Bonchev–Trinajstić information content (AvgIpc) is 2.27. The van der Waals surface area contributed by atoms with Gasteiger partial charge in [0.15, 0.2) is 0 Å². The van der Waals surface area contributed by atoms with Crippen LogP contribution < -0.4 is 5.32 Å². The molecule has 1 heteroatoms. The summed E-state index contributed by atoms with van der Waals surface area (Å²) in [5.74, 6) is 1.60. The smallest absolute Gasteiger partial charge is 0.0201 e. The Morgan fingerprint density at radius 3 is 2.31 bits per heavy atom. The molecule has 0 aliphatic carbocycles. The zero-order valence-electron chi connectivity index (χ0n) is 11.9. The van der Waals surface area contributed by atoms with Crippen LogP contribution in [0.4, 0.5) is 0 Å². The Hall–Kier alpha value is -0.560. The first-order valence-electron chi connectivity index (χ1n) is 6.52. The molecule has 0 fully saturated rings. The molecule has 0 saturated heterocycles. The van der Waals surface area contributed by atoms with Crippen LogP contribution in [0.15, 0.2) is 23.3 Å². The average molecular weight is 223 g/mol. The van der Waals surface area contributed by atoms with Gasteiger partial charge in [-0.15, -0.1) is 0 Å². The van der Waals surface area contributed by atoms with Crippen molar-refractivity contribution < 1.29 is 0 Å². The van der Waals surface area contributed by atoms with Crippen molar-refractivity contribution >= 4 is 0 Å². The van der Waals surface area contributed by atoms with Gasteiger partial charge in [0, 0.05) is 6.54 Å². The maximum absolute atomic E-state index is 3.24. The SMILES string of the molecule is C/C=C\C(CNC)=C(/C)C[C@H](C)[C@@H](C)CC. The molecule has 16 heavy (non-hydrogen) atoms. The summed E-state index contributed by atoms with van der Waals surface area (Å²) >= 11 is 0. The van der Waals surface area contributed by atoms with E-state index in [1.807, 2.05) is 7.05 Å². The maximum Gasteiger partial charge on any atom is 0.0201 e. The highest BCUT2D eigenvalue weighted by molar-refractivity contribution is 5.26. The highest BCUT2D eigenvalue weighted by Crippen LogP contribution is 2.23. The summed E-state index contributed by atoms with van der Waals surface area (Å²) in [5.41, 5.74) is 2.97. The Bertz CT molecular complexity index is 238. The lowest BCUT2D eigenvalue weighted by atomic mass is 9.87. The van der Waals surface area contributed by atoms with Crippen molar-refractivity contribution in [2.75, 3.05) is 13.6 Å². The normalized spacial score (nSPS) is 17.4. The lowest BCUT2D eigenvalue weighted by Gasteiger charge is -2.20. The van der Waals surface area contributed by atoms with Crippen molar-refractivity contribution in [1.82, 2.24) is 5.32 Å². The van der Waals surface area contributed by atoms with Crippen molar-refractivity contribution in [1.29, 1.82) is 0 Å². The maximum atomic E-state index is 3.24. The number of likely N-dealkylation sites (N-methyl/N-ethyl adjacent to an activating group) is 1. The lowest BCUT2D eigenvalue weighted by Crippen LogP contribution is -2.13. The molecule has 0 spiro atoms. The van der Waals surface area contributed by atoms with Gasteiger partial charge in [0.25, 0.3) is 0 Å². The first kappa shape index (κ1) is 15.4. The van der Waals surface area contributed by atoms with Gasteiger partial charge in [-0.3, -0.25) is 0 Å². The first-order valence-corrected chi connectivity index (χ1v) is 6.52. The van der Waals surface area contributed by atoms with E-state index in [9.17, 15) is 0 Å². The van der Waals surface area contributed by atoms with Gasteiger partial charge in [0.2, 0.25) is 0 Å². The number of hydrogen-bond acceptors (Lipinski definition) is 1. The minimum Gasteiger partial charge on any atom is -0.316 e. The van der Waals surface area contributed by atoms with E-state index in [4.69, 9.17) is 0 Å². The molecular weight excluding hydrogens is 194 g/mol. The molecule has 1 N–H and O–H groups in total. The topological polar surface area (TPSA) is 12.0 Å². The van der Waals surface area contributed by atoms with Crippen molar-refractivity contribution in [3.63, 3.8) is 0 Å². The van der Waals surface area contributed by atoms with Crippen molar-refractivity contribution in [2.45, 2.75) is 47.5 Å². The van der Waals surface area contributed by atoms with E-state index in [2.05, 4.69) is 52.1 Å². The second-order valence-corrected chi connectivity index (χ2v) is 4.90. The van der Waals surface area contributed by atoms with E-state index in [1.165, 1.54) is 24.0 Å². The van der Waals surface area contributed by atoms with Crippen LogP contribution >= 0.6 is 0 Å². The Kier molecular flexibility index (Phi) is 8.28. The molecule has 0 amide bonds. The molecule has 0 aromatic carbocycles. The number of hydrogen-bond donors (Lipinski definition) is 1. The molecule has 0 bridgehead atoms. The molecule has 94 valence electrons. The molecular formula is C15H29N. The fraction of sp³-hybridized carbons (Fsp3) is 0.733. The third-order valence-corrected chi connectivity index (χ3v) is 3.53.